The van der Waals surface area contributed by atoms with Crippen LogP contribution in [0.1, 0.15) is 0 Å². The predicted molar refractivity (Wildman–Crippen MR) is 163 cm³/mol. The topological polar surface area (TPSA) is 44.2 Å². The zero-order valence-corrected chi connectivity index (χ0v) is 24.3. The maximum absolute atomic E-state index is 6.41. The van der Waals surface area contributed by atoms with E-state index < -0.39 is 0 Å². The smallest absolute Gasteiger partial charge is 0.503 e. The summed E-state index contributed by atoms with van der Waals surface area (Å²) in [5.74, 6) is 3.14. The van der Waals surface area contributed by atoms with Gasteiger partial charge in [-0.1, -0.05) is 66.7 Å². The molecule has 0 spiro atoms. The molecule has 0 fully saturated rings. The molecule has 0 aliphatic carbocycles. The number of hydrogen-bond acceptors (Lipinski definition) is 4. The van der Waals surface area contributed by atoms with Crippen molar-refractivity contribution in [1.82, 2.24) is 9.97 Å². The number of fused-ring (bicyclic) bond motifs is 6. The van der Waals surface area contributed by atoms with Crippen molar-refractivity contribution in [2.75, 3.05) is 0 Å². The van der Waals surface area contributed by atoms with Crippen LogP contribution in [0.3, 0.4) is 0 Å². The SMILES string of the molecule is [Pt+2].[c-]1c(-c2cc3ccccc3cn2)ccc2c1B1c3[c-]c(-c4cc5ccccc5cn4)ccc3Oc3cccc(c31)O2. The van der Waals surface area contributed by atoms with Gasteiger partial charge in [-0.05, 0) is 45.1 Å². The number of benzene rings is 5. The van der Waals surface area contributed by atoms with Gasteiger partial charge in [-0.25, -0.2) is 0 Å². The molecule has 0 saturated carbocycles. The van der Waals surface area contributed by atoms with E-state index in [4.69, 9.17) is 19.4 Å². The molecule has 5 aromatic carbocycles. The van der Waals surface area contributed by atoms with Crippen molar-refractivity contribution in [2.24, 2.45) is 0 Å². The van der Waals surface area contributed by atoms with E-state index in [0.717, 1.165) is 83.4 Å². The van der Waals surface area contributed by atoms with Gasteiger partial charge in [0.15, 0.2) is 0 Å². The molecule has 2 aliphatic heterocycles. The largest absolute Gasteiger partial charge is 2.00 e. The average Bonchev–Trinajstić information content (AvgIpc) is 3.04. The van der Waals surface area contributed by atoms with E-state index in [-0.39, 0.29) is 27.8 Å². The monoisotopic (exact) mass is 717 g/mol. The van der Waals surface area contributed by atoms with Gasteiger partial charge in [0, 0.05) is 29.4 Å². The van der Waals surface area contributed by atoms with Crippen molar-refractivity contribution >= 4 is 44.6 Å². The molecule has 0 saturated heterocycles. The normalized spacial score (nSPS) is 12.4. The summed E-state index contributed by atoms with van der Waals surface area (Å²) in [6, 6.07) is 42.2. The molecule has 6 heteroatoms. The van der Waals surface area contributed by atoms with Crippen molar-refractivity contribution < 1.29 is 30.5 Å². The summed E-state index contributed by atoms with van der Waals surface area (Å²) in [6.07, 6.45) is 3.84. The Labute approximate surface area is 257 Å². The van der Waals surface area contributed by atoms with Crippen molar-refractivity contribution in [1.29, 1.82) is 0 Å². The molecular weight excluding hydrogens is 698 g/mol. The fourth-order valence-corrected chi connectivity index (χ4v) is 6.02. The van der Waals surface area contributed by atoms with Gasteiger partial charge in [0.05, 0.1) is 0 Å². The first-order chi connectivity index (χ1) is 20.3. The molecule has 4 heterocycles. The zero-order chi connectivity index (χ0) is 26.9. The molecule has 0 radical (unpaired) electrons. The molecular formula is C36H19BN2O2Pt. The molecule has 0 N–H and O–H groups in total. The number of pyridine rings is 2. The molecule has 7 aromatic rings. The van der Waals surface area contributed by atoms with E-state index in [1.807, 2.05) is 79.1 Å². The molecule has 42 heavy (non-hydrogen) atoms. The van der Waals surface area contributed by atoms with Crippen molar-refractivity contribution in [3.05, 3.63) is 128 Å². The summed E-state index contributed by atoms with van der Waals surface area (Å²) in [5, 5.41) is 4.51. The van der Waals surface area contributed by atoms with Crippen molar-refractivity contribution in [2.45, 2.75) is 0 Å². The van der Waals surface area contributed by atoms with Crippen LogP contribution >= 0.6 is 0 Å². The summed E-state index contributed by atoms with van der Waals surface area (Å²) >= 11 is 0. The number of ether oxygens (including phenoxy) is 2. The molecule has 2 aromatic heterocycles. The minimum Gasteiger partial charge on any atom is -0.503 e. The van der Waals surface area contributed by atoms with E-state index in [9.17, 15) is 0 Å². The van der Waals surface area contributed by atoms with Crippen LogP contribution in [0, 0.1) is 12.1 Å². The first-order valence-corrected chi connectivity index (χ1v) is 13.6. The Hall–Kier alpha value is -4.73. The van der Waals surface area contributed by atoms with Crippen LogP contribution in [0.2, 0.25) is 0 Å². The van der Waals surface area contributed by atoms with Crippen LogP contribution in [-0.4, -0.2) is 16.7 Å². The fraction of sp³-hybridized carbons (Fsp3) is 0. The quantitative estimate of drug-likeness (QED) is 0.153. The molecule has 0 atom stereocenters. The summed E-state index contributed by atoms with van der Waals surface area (Å²) < 4.78 is 12.8. The van der Waals surface area contributed by atoms with E-state index in [1.54, 1.807) is 0 Å². The molecule has 0 unspecified atom stereocenters. The van der Waals surface area contributed by atoms with Crippen molar-refractivity contribution in [3.8, 4) is 45.5 Å². The Bertz CT molecular complexity index is 2050. The molecule has 4 nitrogen and oxygen atoms in total. The van der Waals surface area contributed by atoms with Gasteiger partial charge in [-0.2, -0.15) is 0 Å². The van der Waals surface area contributed by atoms with Gasteiger partial charge in [-0.15, -0.1) is 58.5 Å². The first-order valence-electron chi connectivity index (χ1n) is 13.6. The Balaban J connectivity index is 0.00000267. The summed E-state index contributed by atoms with van der Waals surface area (Å²) in [6.45, 7) is -0.158. The van der Waals surface area contributed by atoms with Gasteiger partial charge in [0.1, 0.15) is 11.5 Å². The molecule has 0 bridgehead atoms. The summed E-state index contributed by atoms with van der Waals surface area (Å²) in [4.78, 5) is 9.53. The molecule has 0 amide bonds. The van der Waals surface area contributed by atoms with Gasteiger partial charge in [0.2, 0.25) is 6.71 Å². The maximum atomic E-state index is 6.41. The maximum Gasteiger partial charge on any atom is 2.00 e. The van der Waals surface area contributed by atoms with Gasteiger partial charge in [0.25, 0.3) is 0 Å². The van der Waals surface area contributed by atoms with Gasteiger partial charge in [-0.3, -0.25) is 0 Å². The summed E-state index contributed by atoms with van der Waals surface area (Å²) in [5.41, 5.74) is 6.46. The van der Waals surface area contributed by atoms with Crippen LogP contribution in [-0.2, 0) is 21.1 Å². The summed E-state index contributed by atoms with van der Waals surface area (Å²) in [7, 11) is 0. The Morgan fingerprint density at radius 3 is 1.48 bits per heavy atom. The number of rotatable bonds is 2. The van der Waals surface area contributed by atoms with Gasteiger partial charge >= 0.3 is 21.1 Å². The first kappa shape index (κ1) is 25.0. The van der Waals surface area contributed by atoms with Crippen LogP contribution in [0.4, 0.5) is 0 Å². The van der Waals surface area contributed by atoms with Crippen LogP contribution in [0.5, 0.6) is 23.0 Å². The second kappa shape index (κ2) is 9.68. The predicted octanol–water partition coefficient (Wildman–Crippen LogP) is 6.44. The Morgan fingerprint density at radius 2 is 0.976 bits per heavy atom. The second-order valence-corrected chi connectivity index (χ2v) is 10.4. The third-order valence-corrected chi connectivity index (χ3v) is 8.02. The molecule has 9 rings (SSSR count). The number of aromatic nitrogens is 2. The van der Waals surface area contributed by atoms with Gasteiger partial charge < -0.3 is 19.4 Å². The fourth-order valence-electron chi connectivity index (χ4n) is 6.02. The third kappa shape index (κ3) is 3.88. The number of nitrogens with zero attached hydrogens (tertiary/aromatic N) is 2. The molecule has 198 valence electrons. The van der Waals surface area contributed by atoms with Crippen LogP contribution in [0.25, 0.3) is 44.1 Å². The Kier molecular flexibility index (Phi) is 5.77. The van der Waals surface area contributed by atoms with E-state index in [0.29, 0.717) is 0 Å². The van der Waals surface area contributed by atoms with Crippen molar-refractivity contribution in [3.63, 3.8) is 0 Å². The van der Waals surface area contributed by atoms with E-state index in [2.05, 4.69) is 48.5 Å². The average molecular weight is 717 g/mol. The minimum atomic E-state index is -0.158. The zero-order valence-electron chi connectivity index (χ0n) is 22.1. The number of hydrogen-bond donors (Lipinski definition) is 0. The minimum absolute atomic E-state index is 0. The van der Waals surface area contributed by atoms with E-state index >= 15 is 0 Å². The standard InChI is InChI=1S/C36H19BN2O2.Pt/c1-3-8-26-20-38-30(18-22(26)6-1)24-12-14-32-28(16-24)37-29-17-25(31-19-23-7-2-4-9-27(23)21-39-31)13-15-33(29)41-35-11-5-10-34(40-32)36(35)37;/h1-15,18-21H;/q-2;+2. The van der Waals surface area contributed by atoms with E-state index in [1.165, 1.54) is 0 Å². The van der Waals surface area contributed by atoms with Crippen LogP contribution < -0.4 is 25.9 Å². The second-order valence-electron chi connectivity index (χ2n) is 10.4. The van der Waals surface area contributed by atoms with Crippen LogP contribution in [0.15, 0.2) is 116 Å². The third-order valence-electron chi connectivity index (χ3n) is 8.02. The Morgan fingerprint density at radius 1 is 0.500 bits per heavy atom. The molecule has 2 aliphatic rings.